The molecule has 0 aliphatic rings. The lowest BCUT2D eigenvalue weighted by Crippen LogP contribution is -2.22. The molecule has 0 heterocycles. The summed E-state index contributed by atoms with van der Waals surface area (Å²) in [5, 5.41) is 0. The van der Waals surface area contributed by atoms with Gasteiger partial charge in [-0.15, -0.1) is 0 Å². The molecule has 0 saturated carbocycles. The predicted molar refractivity (Wildman–Crippen MR) is 51.5 cm³/mol. The van der Waals surface area contributed by atoms with Gasteiger partial charge in [0.1, 0.15) is 0 Å². The number of halogens is 1. The number of hydrogen-bond acceptors (Lipinski definition) is 3. The van der Waals surface area contributed by atoms with Crippen LogP contribution in [0, 0.1) is 0 Å². The molecule has 13 heavy (non-hydrogen) atoms. The molecule has 0 fully saturated rings. The van der Waals surface area contributed by atoms with Crippen molar-refractivity contribution < 1.29 is 13.3 Å². The van der Waals surface area contributed by atoms with Crippen molar-refractivity contribution in [1.82, 2.24) is 4.89 Å². The van der Waals surface area contributed by atoms with E-state index in [9.17, 15) is 8.42 Å². The molecule has 0 amide bonds. The molecule has 0 unspecified atom stereocenters. The molecule has 0 aliphatic carbocycles. The SMILES string of the molecule is CONS(=O)(=O)c1ccc(Br)cc1. The summed E-state index contributed by atoms with van der Waals surface area (Å²) in [6, 6.07) is 6.24. The van der Waals surface area contributed by atoms with E-state index in [1.165, 1.54) is 19.2 Å². The molecular formula is C7H8BrNO3S. The highest BCUT2D eigenvalue weighted by Gasteiger charge is 2.12. The highest BCUT2D eigenvalue weighted by molar-refractivity contribution is 9.10. The van der Waals surface area contributed by atoms with Crippen molar-refractivity contribution in [3.63, 3.8) is 0 Å². The third-order valence-electron chi connectivity index (χ3n) is 1.32. The molecule has 0 radical (unpaired) electrons. The molecule has 72 valence electrons. The van der Waals surface area contributed by atoms with E-state index in [1.54, 1.807) is 12.1 Å². The fraction of sp³-hybridized carbons (Fsp3) is 0.143. The van der Waals surface area contributed by atoms with Gasteiger partial charge in [-0.25, -0.2) is 8.42 Å². The van der Waals surface area contributed by atoms with Gasteiger partial charge in [0.15, 0.2) is 0 Å². The highest BCUT2D eigenvalue weighted by atomic mass is 79.9. The van der Waals surface area contributed by atoms with Crippen molar-refractivity contribution in [3.05, 3.63) is 28.7 Å². The summed E-state index contributed by atoms with van der Waals surface area (Å²) in [6.45, 7) is 0. The van der Waals surface area contributed by atoms with Gasteiger partial charge in [-0.1, -0.05) is 20.8 Å². The Morgan fingerprint density at radius 3 is 2.31 bits per heavy atom. The summed E-state index contributed by atoms with van der Waals surface area (Å²) >= 11 is 3.20. The minimum Gasteiger partial charge on any atom is -0.290 e. The van der Waals surface area contributed by atoms with Crippen LogP contribution in [-0.4, -0.2) is 15.5 Å². The minimum atomic E-state index is -3.52. The highest BCUT2D eigenvalue weighted by Crippen LogP contribution is 2.14. The summed E-state index contributed by atoms with van der Waals surface area (Å²) in [6.07, 6.45) is 0. The number of hydrogen-bond donors (Lipinski definition) is 1. The normalized spacial score (nSPS) is 11.5. The molecule has 0 bridgehead atoms. The average Bonchev–Trinajstić information content (AvgIpc) is 2.05. The van der Waals surface area contributed by atoms with Crippen molar-refractivity contribution in [2.24, 2.45) is 0 Å². The van der Waals surface area contributed by atoms with Gasteiger partial charge in [0.2, 0.25) is 0 Å². The first-order valence-corrected chi connectivity index (χ1v) is 5.64. The Hall–Kier alpha value is -0.430. The van der Waals surface area contributed by atoms with Gasteiger partial charge in [0.05, 0.1) is 12.0 Å². The summed E-state index contributed by atoms with van der Waals surface area (Å²) < 4.78 is 23.4. The second-order valence-electron chi connectivity index (χ2n) is 2.24. The molecule has 0 aromatic heterocycles. The lowest BCUT2D eigenvalue weighted by molar-refractivity contribution is 0.153. The number of sulfonamides is 1. The van der Waals surface area contributed by atoms with E-state index in [2.05, 4.69) is 20.8 Å². The van der Waals surface area contributed by atoms with Gasteiger partial charge >= 0.3 is 0 Å². The second kappa shape index (κ2) is 4.19. The van der Waals surface area contributed by atoms with Crippen LogP contribution in [0.2, 0.25) is 0 Å². The van der Waals surface area contributed by atoms with Crippen LogP contribution in [0.5, 0.6) is 0 Å². The molecule has 0 aliphatic heterocycles. The Morgan fingerprint density at radius 2 is 1.85 bits per heavy atom. The summed E-state index contributed by atoms with van der Waals surface area (Å²) in [5.41, 5.74) is 0. The fourth-order valence-electron chi connectivity index (χ4n) is 0.772. The van der Waals surface area contributed by atoms with Gasteiger partial charge in [-0.05, 0) is 24.3 Å². The zero-order valence-corrected chi connectivity index (χ0v) is 9.22. The van der Waals surface area contributed by atoms with Crippen LogP contribution in [-0.2, 0) is 14.9 Å². The van der Waals surface area contributed by atoms with E-state index in [0.29, 0.717) is 0 Å². The van der Waals surface area contributed by atoms with Gasteiger partial charge < -0.3 is 0 Å². The molecule has 6 heteroatoms. The van der Waals surface area contributed by atoms with E-state index in [4.69, 9.17) is 0 Å². The maximum Gasteiger partial charge on any atom is 0.262 e. The summed E-state index contributed by atoms with van der Waals surface area (Å²) in [4.78, 5) is 6.42. The van der Waals surface area contributed by atoms with Crippen molar-refractivity contribution >= 4 is 26.0 Å². The fourth-order valence-corrected chi connectivity index (χ4v) is 1.85. The average molecular weight is 266 g/mol. The Morgan fingerprint density at radius 1 is 1.31 bits per heavy atom. The maximum absolute atomic E-state index is 11.3. The minimum absolute atomic E-state index is 0.164. The van der Waals surface area contributed by atoms with Crippen LogP contribution in [0.25, 0.3) is 0 Å². The van der Waals surface area contributed by atoms with Crippen LogP contribution < -0.4 is 4.89 Å². The van der Waals surface area contributed by atoms with Crippen LogP contribution in [0.15, 0.2) is 33.6 Å². The van der Waals surface area contributed by atoms with Gasteiger partial charge in [0.25, 0.3) is 10.0 Å². The van der Waals surface area contributed by atoms with Gasteiger partial charge in [-0.2, -0.15) is 0 Å². The number of rotatable bonds is 3. The standard InChI is InChI=1S/C7H8BrNO3S/c1-12-9-13(10,11)7-4-2-6(8)3-5-7/h2-5,9H,1H3. The van der Waals surface area contributed by atoms with E-state index >= 15 is 0 Å². The summed E-state index contributed by atoms with van der Waals surface area (Å²) in [5.74, 6) is 0. The Bertz CT molecular complexity index is 373. The van der Waals surface area contributed by atoms with Gasteiger partial charge in [-0.3, -0.25) is 4.84 Å². The van der Waals surface area contributed by atoms with Crippen molar-refractivity contribution in [3.8, 4) is 0 Å². The predicted octanol–water partition coefficient (Wildman–Crippen LogP) is 1.29. The van der Waals surface area contributed by atoms with Crippen molar-refractivity contribution in [2.45, 2.75) is 4.90 Å². The van der Waals surface area contributed by atoms with Crippen LogP contribution >= 0.6 is 15.9 Å². The van der Waals surface area contributed by atoms with E-state index < -0.39 is 10.0 Å². The topological polar surface area (TPSA) is 55.4 Å². The Balaban J connectivity index is 3.02. The Kier molecular flexibility index (Phi) is 3.43. The Labute approximate surface area is 85.0 Å². The van der Waals surface area contributed by atoms with E-state index in [0.717, 1.165) is 4.47 Å². The largest absolute Gasteiger partial charge is 0.290 e. The molecule has 1 rings (SSSR count). The monoisotopic (exact) mass is 265 g/mol. The van der Waals surface area contributed by atoms with Gasteiger partial charge in [0, 0.05) is 4.47 Å². The zero-order chi connectivity index (χ0) is 9.90. The maximum atomic E-state index is 11.3. The third-order valence-corrected chi connectivity index (χ3v) is 3.12. The molecule has 0 atom stereocenters. The quantitative estimate of drug-likeness (QED) is 0.839. The molecule has 0 spiro atoms. The molecule has 0 saturated heterocycles. The molecule has 1 N–H and O–H groups in total. The molecule has 1 aromatic carbocycles. The van der Waals surface area contributed by atoms with Crippen molar-refractivity contribution in [2.75, 3.05) is 7.11 Å². The number of benzene rings is 1. The molecule has 4 nitrogen and oxygen atoms in total. The van der Waals surface area contributed by atoms with E-state index in [1.807, 2.05) is 4.89 Å². The second-order valence-corrected chi connectivity index (χ2v) is 4.81. The van der Waals surface area contributed by atoms with Crippen LogP contribution in [0.3, 0.4) is 0 Å². The third kappa shape index (κ3) is 2.77. The number of nitrogens with one attached hydrogen (secondary N) is 1. The first-order valence-electron chi connectivity index (χ1n) is 3.36. The lowest BCUT2D eigenvalue weighted by atomic mass is 10.4. The first kappa shape index (κ1) is 10.6. The van der Waals surface area contributed by atoms with Crippen LogP contribution in [0.4, 0.5) is 0 Å². The smallest absolute Gasteiger partial charge is 0.262 e. The lowest BCUT2D eigenvalue weighted by Gasteiger charge is -2.03. The van der Waals surface area contributed by atoms with Crippen LogP contribution in [0.1, 0.15) is 0 Å². The molecule has 1 aromatic rings. The molecular weight excluding hydrogens is 258 g/mol. The van der Waals surface area contributed by atoms with E-state index in [-0.39, 0.29) is 4.90 Å². The first-order chi connectivity index (χ1) is 6.06. The zero-order valence-electron chi connectivity index (χ0n) is 6.82. The summed E-state index contributed by atoms with van der Waals surface area (Å²) in [7, 11) is -2.27. The van der Waals surface area contributed by atoms with Crippen molar-refractivity contribution in [1.29, 1.82) is 0 Å².